The standard InChI is InChI=1S/C45H86O6/c1-7-41(6)33-27-21-14-11-12-16-23-29-35-44(47)50-38-42(51-45(48)36-30-24-18-17-20-26-32-40(4)5)37-49-43(46)34-28-22-15-10-8-9-13-19-25-31-39(2)3/h39-42H,7-38H2,1-6H3/t41?,42-/m0/s1. The van der Waals surface area contributed by atoms with Crippen molar-refractivity contribution < 1.29 is 28.6 Å². The SMILES string of the molecule is CCC(C)CCCCCCCCCCC(=O)OC[C@H](COC(=O)CCCCCCCCCCCC(C)C)OC(=O)CCCCCCCCC(C)C. The molecule has 0 rings (SSSR count). The van der Waals surface area contributed by atoms with E-state index in [0.717, 1.165) is 75.5 Å². The Labute approximate surface area is 317 Å². The Kier molecular flexibility index (Phi) is 35.6. The maximum absolute atomic E-state index is 12.6. The summed E-state index contributed by atoms with van der Waals surface area (Å²) in [5.74, 6) is 1.54. The molecule has 0 saturated carbocycles. The second kappa shape index (κ2) is 36.8. The lowest BCUT2D eigenvalue weighted by Gasteiger charge is -2.18. The van der Waals surface area contributed by atoms with Crippen LogP contribution in [0.25, 0.3) is 0 Å². The molecule has 6 heteroatoms. The van der Waals surface area contributed by atoms with Gasteiger partial charge in [0.05, 0.1) is 0 Å². The lowest BCUT2D eigenvalue weighted by molar-refractivity contribution is -0.167. The van der Waals surface area contributed by atoms with Crippen LogP contribution in [-0.4, -0.2) is 37.2 Å². The predicted octanol–water partition coefficient (Wildman–Crippen LogP) is 13.7. The fourth-order valence-corrected chi connectivity index (χ4v) is 6.49. The van der Waals surface area contributed by atoms with Gasteiger partial charge in [0.25, 0.3) is 0 Å². The maximum Gasteiger partial charge on any atom is 0.306 e. The minimum Gasteiger partial charge on any atom is -0.462 e. The Bertz CT molecular complexity index is 794. The van der Waals surface area contributed by atoms with Crippen LogP contribution in [0.1, 0.15) is 234 Å². The number of carbonyl (C=O) groups excluding carboxylic acids is 3. The molecule has 1 unspecified atom stereocenters. The van der Waals surface area contributed by atoms with Gasteiger partial charge in [0, 0.05) is 19.3 Å². The van der Waals surface area contributed by atoms with Gasteiger partial charge in [-0.25, -0.2) is 0 Å². The minimum atomic E-state index is -0.762. The molecule has 0 fully saturated rings. The summed E-state index contributed by atoms with van der Waals surface area (Å²) in [7, 11) is 0. The summed E-state index contributed by atoms with van der Waals surface area (Å²) < 4.78 is 16.7. The van der Waals surface area contributed by atoms with Crippen LogP contribution in [0.5, 0.6) is 0 Å². The Balaban J connectivity index is 4.34. The van der Waals surface area contributed by atoms with Crippen molar-refractivity contribution in [3.8, 4) is 0 Å². The van der Waals surface area contributed by atoms with Crippen molar-refractivity contribution in [1.29, 1.82) is 0 Å². The minimum absolute atomic E-state index is 0.0676. The van der Waals surface area contributed by atoms with Crippen molar-refractivity contribution in [2.75, 3.05) is 13.2 Å². The van der Waals surface area contributed by atoms with E-state index in [0.29, 0.717) is 19.3 Å². The molecule has 0 aliphatic heterocycles. The van der Waals surface area contributed by atoms with E-state index >= 15 is 0 Å². The van der Waals surface area contributed by atoms with Crippen molar-refractivity contribution in [3.63, 3.8) is 0 Å². The predicted molar refractivity (Wildman–Crippen MR) is 215 cm³/mol. The molecule has 0 aliphatic carbocycles. The van der Waals surface area contributed by atoms with Crippen LogP contribution in [0, 0.1) is 17.8 Å². The Morgan fingerprint density at radius 2 is 0.686 bits per heavy atom. The van der Waals surface area contributed by atoms with Crippen LogP contribution in [0.15, 0.2) is 0 Å². The highest BCUT2D eigenvalue weighted by molar-refractivity contribution is 5.71. The molecular formula is C45H86O6. The van der Waals surface area contributed by atoms with Gasteiger partial charge in [-0.15, -0.1) is 0 Å². The first kappa shape index (κ1) is 49.4. The molecule has 6 nitrogen and oxygen atoms in total. The summed E-state index contributed by atoms with van der Waals surface area (Å²) in [5.41, 5.74) is 0. The Hall–Kier alpha value is -1.59. The molecular weight excluding hydrogens is 636 g/mol. The highest BCUT2D eigenvalue weighted by atomic mass is 16.6. The molecule has 0 bridgehead atoms. The van der Waals surface area contributed by atoms with Gasteiger partial charge in [-0.05, 0) is 37.0 Å². The van der Waals surface area contributed by atoms with Crippen molar-refractivity contribution >= 4 is 17.9 Å². The Morgan fingerprint density at radius 1 is 0.392 bits per heavy atom. The van der Waals surface area contributed by atoms with Crippen molar-refractivity contribution in [1.82, 2.24) is 0 Å². The van der Waals surface area contributed by atoms with Crippen molar-refractivity contribution in [2.24, 2.45) is 17.8 Å². The monoisotopic (exact) mass is 723 g/mol. The van der Waals surface area contributed by atoms with Crippen LogP contribution in [0.4, 0.5) is 0 Å². The fraction of sp³-hybridized carbons (Fsp3) is 0.933. The lowest BCUT2D eigenvalue weighted by atomic mass is 9.99. The third-order valence-electron chi connectivity index (χ3n) is 10.3. The third-order valence-corrected chi connectivity index (χ3v) is 10.3. The quantitative estimate of drug-likeness (QED) is 0.0359. The zero-order valence-electron chi connectivity index (χ0n) is 34.9. The first-order chi connectivity index (χ1) is 24.6. The maximum atomic E-state index is 12.6. The van der Waals surface area contributed by atoms with E-state index in [1.807, 2.05) is 0 Å². The molecule has 0 aliphatic rings. The first-order valence-electron chi connectivity index (χ1n) is 22.1. The number of unbranched alkanes of at least 4 members (excludes halogenated alkanes) is 20. The highest BCUT2D eigenvalue weighted by Gasteiger charge is 2.19. The molecule has 0 aromatic rings. The van der Waals surface area contributed by atoms with Crippen molar-refractivity contribution in [2.45, 2.75) is 240 Å². The number of hydrogen-bond acceptors (Lipinski definition) is 6. The van der Waals surface area contributed by atoms with Crippen LogP contribution in [0.2, 0.25) is 0 Å². The van der Waals surface area contributed by atoms with E-state index in [1.165, 1.54) is 116 Å². The van der Waals surface area contributed by atoms with Gasteiger partial charge < -0.3 is 14.2 Å². The van der Waals surface area contributed by atoms with Gasteiger partial charge in [0.15, 0.2) is 6.10 Å². The van der Waals surface area contributed by atoms with Gasteiger partial charge in [-0.1, -0.05) is 196 Å². The van der Waals surface area contributed by atoms with E-state index in [2.05, 4.69) is 41.5 Å². The molecule has 0 aromatic heterocycles. The van der Waals surface area contributed by atoms with Crippen LogP contribution >= 0.6 is 0 Å². The molecule has 51 heavy (non-hydrogen) atoms. The largest absolute Gasteiger partial charge is 0.462 e. The molecule has 0 radical (unpaired) electrons. The molecule has 0 saturated heterocycles. The molecule has 2 atom stereocenters. The van der Waals surface area contributed by atoms with Gasteiger partial charge in [-0.2, -0.15) is 0 Å². The summed E-state index contributed by atoms with van der Waals surface area (Å²) in [4.78, 5) is 37.6. The van der Waals surface area contributed by atoms with Crippen LogP contribution in [-0.2, 0) is 28.6 Å². The van der Waals surface area contributed by atoms with Gasteiger partial charge >= 0.3 is 17.9 Å². The van der Waals surface area contributed by atoms with E-state index in [1.54, 1.807) is 0 Å². The lowest BCUT2D eigenvalue weighted by Crippen LogP contribution is -2.30. The number of hydrogen-bond donors (Lipinski definition) is 0. The molecule has 302 valence electrons. The number of rotatable bonds is 38. The highest BCUT2D eigenvalue weighted by Crippen LogP contribution is 2.17. The van der Waals surface area contributed by atoms with Crippen LogP contribution < -0.4 is 0 Å². The molecule has 0 spiro atoms. The molecule has 0 aromatic carbocycles. The topological polar surface area (TPSA) is 78.9 Å². The Morgan fingerprint density at radius 3 is 1.02 bits per heavy atom. The average molecular weight is 723 g/mol. The summed E-state index contributed by atoms with van der Waals surface area (Å²) in [6.07, 6.45) is 32.4. The fourth-order valence-electron chi connectivity index (χ4n) is 6.49. The van der Waals surface area contributed by atoms with Crippen molar-refractivity contribution in [3.05, 3.63) is 0 Å². The number of carbonyl (C=O) groups is 3. The van der Waals surface area contributed by atoms with Gasteiger partial charge in [0.1, 0.15) is 13.2 Å². The zero-order valence-corrected chi connectivity index (χ0v) is 34.9. The zero-order chi connectivity index (χ0) is 37.8. The van der Waals surface area contributed by atoms with E-state index in [9.17, 15) is 14.4 Å². The summed E-state index contributed by atoms with van der Waals surface area (Å²) in [6, 6.07) is 0. The van der Waals surface area contributed by atoms with E-state index in [-0.39, 0.29) is 31.1 Å². The summed E-state index contributed by atoms with van der Waals surface area (Å²) in [6.45, 7) is 13.6. The molecule has 0 amide bonds. The average Bonchev–Trinajstić information content (AvgIpc) is 3.09. The smallest absolute Gasteiger partial charge is 0.306 e. The number of ether oxygens (including phenoxy) is 3. The normalized spacial score (nSPS) is 12.7. The van der Waals surface area contributed by atoms with Crippen LogP contribution in [0.3, 0.4) is 0 Å². The second-order valence-electron chi connectivity index (χ2n) is 16.5. The van der Waals surface area contributed by atoms with E-state index < -0.39 is 6.10 Å². The van der Waals surface area contributed by atoms with E-state index in [4.69, 9.17) is 14.2 Å². The van der Waals surface area contributed by atoms with Gasteiger partial charge in [-0.3, -0.25) is 14.4 Å². The third kappa shape index (κ3) is 38.0. The molecule has 0 heterocycles. The second-order valence-corrected chi connectivity index (χ2v) is 16.5. The number of esters is 3. The molecule has 0 N–H and O–H groups in total. The summed E-state index contributed by atoms with van der Waals surface area (Å²) in [5, 5.41) is 0. The first-order valence-corrected chi connectivity index (χ1v) is 22.1. The summed E-state index contributed by atoms with van der Waals surface area (Å²) >= 11 is 0. The van der Waals surface area contributed by atoms with Gasteiger partial charge in [0.2, 0.25) is 0 Å².